The van der Waals surface area contributed by atoms with E-state index in [1.54, 1.807) is 11.3 Å². The molecule has 0 aliphatic carbocycles. The van der Waals surface area contributed by atoms with Gasteiger partial charge in [-0.1, -0.05) is 22.9 Å². The van der Waals surface area contributed by atoms with Crippen molar-refractivity contribution in [3.05, 3.63) is 45.9 Å². The van der Waals surface area contributed by atoms with Crippen LogP contribution in [0.2, 0.25) is 5.02 Å². The summed E-state index contributed by atoms with van der Waals surface area (Å²) in [6.45, 7) is 2.63. The van der Waals surface area contributed by atoms with Gasteiger partial charge in [-0.25, -0.2) is 4.98 Å². The van der Waals surface area contributed by atoms with Crippen LogP contribution >= 0.6 is 38.9 Å². The third kappa shape index (κ3) is 3.31. The number of ether oxygens (including phenoxy) is 1. The van der Waals surface area contributed by atoms with Gasteiger partial charge < -0.3 is 10.1 Å². The number of nitrogens with zero attached hydrogens (tertiary/aromatic N) is 1. The highest BCUT2D eigenvalue weighted by molar-refractivity contribution is 9.10. The Morgan fingerprint density at radius 1 is 1.29 bits per heavy atom. The number of anilines is 2. The Morgan fingerprint density at radius 3 is 2.95 bits per heavy atom. The number of benzene rings is 2. The molecule has 0 saturated carbocycles. The Labute approximate surface area is 140 Å². The Bertz CT molecular complexity index is 790. The molecule has 1 heterocycles. The molecular weight excluding hydrogens is 372 g/mol. The molecular formula is C15H12BrClN2OS. The number of halogens is 2. The van der Waals surface area contributed by atoms with E-state index < -0.39 is 0 Å². The van der Waals surface area contributed by atoms with Crippen LogP contribution in [0.25, 0.3) is 10.2 Å². The summed E-state index contributed by atoms with van der Waals surface area (Å²) < 4.78 is 7.54. The lowest BCUT2D eigenvalue weighted by molar-refractivity contribution is 0.341. The summed E-state index contributed by atoms with van der Waals surface area (Å²) in [6, 6.07) is 11.5. The molecule has 0 atom stereocenters. The molecule has 0 amide bonds. The second-order valence-electron chi connectivity index (χ2n) is 4.33. The van der Waals surface area contributed by atoms with E-state index in [1.165, 1.54) is 0 Å². The first-order valence-electron chi connectivity index (χ1n) is 6.41. The lowest BCUT2D eigenvalue weighted by atomic mass is 10.3. The fourth-order valence-corrected chi connectivity index (χ4v) is 3.35. The molecule has 0 unspecified atom stereocenters. The minimum Gasteiger partial charge on any atom is -0.494 e. The number of thiazole rings is 1. The van der Waals surface area contributed by atoms with Crippen LogP contribution < -0.4 is 10.1 Å². The van der Waals surface area contributed by atoms with Crippen LogP contribution in [0.1, 0.15) is 6.92 Å². The third-order valence-electron chi connectivity index (χ3n) is 2.84. The van der Waals surface area contributed by atoms with E-state index in [0.717, 1.165) is 31.3 Å². The molecule has 0 aliphatic heterocycles. The average molecular weight is 384 g/mol. The highest BCUT2D eigenvalue weighted by Crippen LogP contribution is 2.34. The zero-order valence-electron chi connectivity index (χ0n) is 11.2. The molecule has 0 radical (unpaired) electrons. The molecule has 2 aromatic carbocycles. The lowest BCUT2D eigenvalue weighted by Gasteiger charge is -2.05. The van der Waals surface area contributed by atoms with Gasteiger partial charge in [-0.15, -0.1) is 0 Å². The highest BCUT2D eigenvalue weighted by Gasteiger charge is 2.08. The fraction of sp³-hybridized carbons (Fsp3) is 0.133. The van der Waals surface area contributed by atoms with Gasteiger partial charge in [-0.3, -0.25) is 0 Å². The zero-order valence-corrected chi connectivity index (χ0v) is 14.3. The van der Waals surface area contributed by atoms with Gasteiger partial charge >= 0.3 is 0 Å². The maximum atomic E-state index is 6.02. The molecule has 108 valence electrons. The number of rotatable bonds is 4. The van der Waals surface area contributed by atoms with Crippen LogP contribution in [0, 0.1) is 0 Å². The van der Waals surface area contributed by atoms with E-state index >= 15 is 0 Å². The molecule has 3 rings (SSSR count). The van der Waals surface area contributed by atoms with Crippen LogP contribution in [0.5, 0.6) is 5.75 Å². The summed E-state index contributed by atoms with van der Waals surface area (Å²) in [6.07, 6.45) is 0. The monoisotopic (exact) mass is 382 g/mol. The topological polar surface area (TPSA) is 34.1 Å². The normalized spacial score (nSPS) is 10.8. The van der Waals surface area contributed by atoms with E-state index in [1.807, 2.05) is 43.3 Å². The summed E-state index contributed by atoms with van der Waals surface area (Å²) in [4.78, 5) is 4.57. The second kappa shape index (κ2) is 6.22. The smallest absolute Gasteiger partial charge is 0.188 e. The number of aromatic nitrogens is 1. The Morgan fingerprint density at radius 2 is 2.14 bits per heavy atom. The largest absolute Gasteiger partial charge is 0.494 e. The first-order valence-corrected chi connectivity index (χ1v) is 8.40. The maximum Gasteiger partial charge on any atom is 0.188 e. The summed E-state index contributed by atoms with van der Waals surface area (Å²) in [5, 5.41) is 4.79. The minimum absolute atomic E-state index is 0.658. The molecule has 6 heteroatoms. The van der Waals surface area contributed by atoms with Gasteiger partial charge in [-0.2, -0.15) is 0 Å². The predicted octanol–water partition coefficient (Wildman–Crippen LogP) is 5.85. The van der Waals surface area contributed by atoms with E-state index in [0.29, 0.717) is 11.6 Å². The predicted molar refractivity (Wildman–Crippen MR) is 93.2 cm³/mol. The fourth-order valence-electron chi connectivity index (χ4n) is 1.92. The van der Waals surface area contributed by atoms with E-state index in [2.05, 4.69) is 26.2 Å². The molecule has 0 saturated heterocycles. The van der Waals surface area contributed by atoms with Gasteiger partial charge in [0, 0.05) is 9.50 Å². The van der Waals surface area contributed by atoms with Crippen molar-refractivity contribution in [1.82, 2.24) is 4.98 Å². The van der Waals surface area contributed by atoms with Gasteiger partial charge in [-0.05, 0) is 59.3 Å². The van der Waals surface area contributed by atoms with Crippen molar-refractivity contribution in [3.63, 3.8) is 0 Å². The van der Waals surface area contributed by atoms with Gasteiger partial charge in [0.1, 0.15) is 5.75 Å². The molecule has 0 bridgehead atoms. The Hall–Kier alpha value is -1.30. The molecule has 0 aliphatic rings. The van der Waals surface area contributed by atoms with Crippen LogP contribution in [0.3, 0.4) is 0 Å². The molecule has 21 heavy (non-hydrogen) atoms. The number of hydrogen-bond donors (Lipinski definition) is 1. The van der Waals surface area contributed by atoms with Gasteiger partial charge in [0.05, 0.1) is 22.5 Å². The summed E-state index contributed by atoms with van der Waals surface area (Å²) >= 11 is 11.1. The molecule has 1 N–H and O–H groups in total. The summed E-state index contributed by atoms with van der Waals surface area (Å²) in [5.74, 6) is 0.865. The summed E-state index contributed by atoms with van der Waals surface area (Å²) in [7, 11) is 0. The second-order valence-corrected chi connectivity index (χ2v) is 6.65. The summed E-state index contributed by atoms with van der Waals surface area (Å²) in [5.41, 5.74) is 1.84. The Balaban J connectivity index is 1.92. The van der Waals surface area contributed by atoms with Crippen molar-refractivity contribution < 1.29 is 4.74 Å². The number of fused-ring (bicyclic) bond motifs is 1. The van der Waals surface area contributed by atoms with Gasteiger partial charge in [0.15, 0.2) is 5.13 Å². The lowest BCUT2D eigenvalue weighted by Crippen LogP contribution is -1.90. The molecule has 3 nitrogen and oxygen atoms in total. The van der Waals surface area contributed by atoms with Gasteiger partial charge in [0.25, 0.3) is 0 Å². The van der Waals surface area contributed by atoms with E-state index in [-0.39, 0.29) is 0 Å². The van der Waals surface area contributed by atoms with Crippen LogP contribution in [-0.4, -0.2) is 11.6 Å². The molecule has 1 aromatic heterocycles. The quantitative estimate of drug-likeness (QED) is 0.613. The molecule has 0 fully saturated rings. The maximum absolute atomic E-state index is 6.02. The third-order valence-corrected chi connectivity index (χ3v) is 4.70. The number of nitrogens with one attached hydrogen (secondary N) is 1. The van der Waals surface area contributed by atoms with Crippen LogP contribution in [0.4, 0.5) is 10.8 Å². The average Bonchev–Trinajstić information content (AvgIpc) is 2.85. The van der Waals surface area contributed by atoms with Gasteiger partial charge in [0.2, 0.25) is 0 Å². The van der Waals surface area contributed by atoms with Crippen molar-refractivity contribution in [2.45, 2.75) is 6.92 Å². The van der Waals surface area contributed by atoms with Crippen LogP contribution in [-0.2, 0) is 0 Å². The van der Waals surface area contributed by atoms with E-state index in [4.69, 9.17) is 16.3 Å². The first kappa shape index (κ1) is 14.6. The molecule has 3 aromatic rings. The minimum atomic E-state index is 0.658. The Kier molecular flexibility index (Phi) is 4.33. The van der Waals surface area contributed by atoms with Crippen molar-refractivity contribution in [2.75, 3.05) is 11.9 Å². The van der Waals surface area contributed by atoms with Crippen LogP contribution in [0.15, 0.2) is 40.9 Å². The van der Waals surface area contributed by atoms with Crippen molar-refractivity contribution in [1.29, 1.82) is 0 Å². The zero-order chi connectivity index (χ0) is 14.8. The van der Waals surface area contributed by atoms with Crippen molar-refractivity contribution >= 4 is 59.9 Å². The molecule has 0 spiro atoms. The SMILES string of the molecule is CCOc1ccc2nc(Nc3cc(Cl)ccc3Br)sc2c1. The van der Waals surface area contributed by atoms with E-state index in [9.17, 15) is 0 Å². The highest BCUT2D eigenvalue weighted by atomic mass is 79.9. The van der Waals surface area contributed by atoms with Crippen molar-refractivity contribution in [2.24, 2.45) is 0 Å². The first-order chi connectivity index (χ1) is 10.2. The standard InChI is InChI=1S/C15H12BrClN2OS/c1-2-20-10-4-6-12-14(8-10)21-15(18-12)19-13-7-9(17)3-5-11(13)16/h3-8H,2H2,1H3,(H,18,19). The van der Waals surface area contributed by atoms with Crippen molar-refractivity contribution in [3.8, 4) is 5.75 Å². The number of hydrogen-bond acceptors (Lipinski definition) is 4.